The monoisotopic (exact) mass is 259 g/mol. The van der Waals surface area contributed by atoms with Gasteiger partial charge in [-0.3, -0.25) is 10.4 Å². The highest BCUT2D eigenvalue weighted by molar-refractivity contribution is 6.12. The molecule has 19 heavy (non-hydrogen) atoms. The van der Waals surface area contributed by atoms with Crippen LogP contribution in [0.2, 0.25) is 0 Å². The first-order chi connectivity index (χ1) is 9.08. The molecule has 1 aromatic rings. The molecule has 0 saturated carbocycles. The Morgan fingerprint density at radius 2 is 1.84 bits per heavy atom. The van der Waals surface area contributed by atoms with Crippen molar-refractivity contribution in [3.8, 4) is 0 Å². The molecule has 1 unspecified atom stereocenters. The second-order valence-corrected chi connectivity index (χ2v) is 4.63. The maximum absolute atomic E-state index is 8.01. The predicted octanol–water partition coefficient (Wildman–Crippen LogP) is 1.81. The minimum Gasteiger partial charge on any atom is -0.385 e. The molecule has 1 aliphatic heterocycles. The van der Waals surface area contributed by atoms with Crippen LogP contribution in [0.25, 0.3) is 0 Å². The number of benzene rings is 1. The molecule has 0 bridgehead atoms. The van der Waals surface area contributed by atoms with E-state index in [1.165, 1.54) is 10.7 Å². The number of rotatable bonds is 4. The standard InChI is InChI=1S/C14H21N5/c1-4-19(5-2)11-8-6-10(7-9-11)12-13(15)17-18(3)14(12)16/h6-9,12,16H,4-5H2,1-3H3,(H2,15,17). The van der Waals surface area contributed by atoms with E-state index in [0.29, 0.717) is 11.7 Å². The number of hydrogen-bond donors (Lipinski definition) is 2. The van der Waals surface area contributed by atoms with Crippen molar-refractivity contribution in [2.24, 2.45) is 10.8 Å². The van der Waals surface area contributed by atoms with Crippen molar-refractivity contribution in [2.45, 2.75) is 19.8 Å². The molecule has 5 heteroatoms. The van der Waals surface area contributed by atoms with Gasteiger partial charge in [-0.1, -0.05) is 12.1 Å². The van der Waals surface area contributed by atoms with Crippen LogP contribution in [0.1, 0.15) is 25.3 Å². The molecular formula is C14H21N5. The molecule has 2 rings (SSSR count). The Morgan fingerprint density at radius 3 is 2.26 bits per heavy atom. The van der Waals surface area contributed by atoms with Gasteiger partial charge in [-0.05, 0) is 31.5 Å². The Morgan fingerprint density at radius 1 is 1.26 bits per heavy atom. The van der Waals surface area contributed by atoms with Crippen LogP contribution in [-0.2, 0) is 0 Å². The van der Waals surface area contributed by atoms with Gasteiger partial charge in [0.05, 0.1) is 0 Å². The van der Waals surface area contributed by atoms with Crippen molar-refractivity contribution in [1.29, 1.82) is 5.41 Å². The molecule has 0 amide bonds. The quantitative estimate of drug-likeness (QED) is 0.866. The number of anilines is 1. The van der Waals surface area contributed by atoms with Gasteiger partial charge in [0, 0.05) is 25.8 Å². The van der Waals surface area contributed by atoms with Gasteiger partial charge in [0.1, 0.15) is 17.6 Å². The lowest BCUT2D eigenvalue weighted by Gasteiger charge is -2.21. The van der Waals surface area contributed by atoms with Crippen molar-refractivity contribution >= 4 is 17.4 Å². The molecule has 3 N–H and O–H groups in total. The molecular weight excluding hydrogens is 238 g/mol. The second-order valence-electron chi connectivity index (χ2n) is 4.63. The van der Waals surface area contributed by atoms with E-state index in [9.17, 15) is 0 Å². The van der Waals surface area contributed by atoms with E-state index in [1.807, 2.05) is 12.1 Å². The van der Waals surface area contributed by atoms with Crippen LogP contribution in [0, 0.1) is 5.41 Å². The Labute approximate surface area is 114 Å². The first kappa shape index (κ1) is 13.4. The molecule has 102 valence electrons. The van der Waals surface area contributed by atoms with Gasteiger partial charge < -0.3 is 10.6 Å². The lowest BCUT2D eigenvalue weighted by atomic mass is 9.97. The highest BCUT2D eigenvalue weighted by Gasteiger charge is 2.30. The summed E-state index contributed by atoms with van der Waals surface area (Å²) in [5, 5.41) is 13.6. The zero-order valence-electron chi connectivity index (χ0n) is 11.7. The van der Waals surface area contributed by atoms with Gasteiger partial charge in [-0.25, -0.2) is 0 Å². The molecule has 0 radical (unpaired) electrons. The molecule has 5 nitrogen and oxygen atoms in total. The molecule has 0 saturated heterocycles. The molecule has 1 heterocycles. The van der Waals surface area contributed by atoms with Crippen molar-refractivity contribution in [1.82, 2.24) is 5.01 Å². The topological polar surface area (TPSA) is 68.7 Å². The summed E-state index contributed by atoms with van der Waals surface area (Å²) in [6, 6.07) is 8.24. The number of amidine groups is 2. The Bertz CT molecular complexity index is 487. The zero-order valence-corrected chi connectivity index (χ0v) is 11.7. The molecule has 0 fully saturated rings. The van der Waals surface area contributed by atoms with Crippen LogP contribution >= 0.6 is 0 Å². The van der Waals surface area contributed by atoms with Crippen LogP contribution in [-0.4, -0.2) is 36.8 Å². The molecule has 1 atom stereocenters. The Hall–Kier alpha value is -2.04. The molecule has 0 aliphatic carbocycles. The summed E-state index contributed by atoms with van der Waals surface area (Å²) in [5.41, 5.74) is 8.12. The van der Waals surface area contributed by atoms with E-state index in [2.05, 4.69) is 36.0 Å². The number of nitrogens with two attached hydrogens (primary N) is 1. The number of hydrazone groups is 1. The number of likely N-dealkylation sites (N-methyl/N-ethyl adjacent to an activating group) is 1. The number of nitrogens with zero attached hydrogens (tertiary/aromatic N) is 3. The smallest absolute Gasteiger partial charge is 0.135 e. The van der Waals surface area contributed by atoms with Crippen LogP contribution in [0.15, 0.2) is 29.4 Å². The van der Waals surface area contributed by atoms with Gasteiger partial charge in [0.25, 0.3) is 0 Å². The van der Waals surface area contributed by atoms with E-state index < -0.39 is 0 Å². The lowest BCUT2D eigenvalue weighted by Crippen LogP contribution is -2.26. The minimum absolute atomic E-state index is 0.212. The molecule has 0 spiro atoms. The fourth-order valence-electron chi connectivity index (χ4n) is 2.41. The Balaban J connectivity index is 2.24. The summed E-state index contributed by atoms with van der Waals surface area (Å²) in [4.78, 5) is 2.29. The zero-order chi connectivity index (χ0) is 14.0. The molecule has 1 aromatic carbocycles. The summed E-state index contributed by atoms with van der Waals surface area (Å²) >= 11 is 0. The van der Waals surface area contributed by atoms with Gasteiger partial charge in [-0.2, -0.15) is 5.10 Å². The number of hydrogen-bond acceptors (Lipinski definition) is 4. The van der Waals surface area contributed by atoms with Crippen molar-refractivity contribution in [3.63, 3.8) is 0 Å². The highest BCUT2D eigenvalue weighted by atomic mass is 15.5. The lowest BCUT2D eigenvalue weighted by molar-refractivity contribution is 0.549. The SMILES string of the molecule is CCN(CC)c1ccc(C2C(=N)N(C)N=C2N)cc1. The van der Waals surface area contributed by atoms with Gasteiger partial charge in [-0.15, -0.1) is 0 Å². The average Bonchev–Trinajstić information content (AvgIpc) is 2.66. The van der Waals surface area contributed by atoms with Crippen molar-refractivity contribution in [3.05, 3.63) is 29.8 Å². The first-order valence-electron chi connectivity index (χ1n) is 6.59. The average molecular weight is 259 g/mol. The third kappa shape index (κ3) is 2.41. The maximum atomic E-state index is 8.01. The fraction of sp³-hybridized carbons (Fsp3) is 0.429. The highest BCUT2D eigenvalue weighted by Crippen LogP contribution is 2.26. The summed E-state index contributed by atoms with van der Waals surface area (Å²) < 4.78 is 0. The largest absolute Gasteiger partial charge is 0.385 e. The van der Waals surface area contributed by atoms with Crippen LogP contribution in [0.3, 0.4) is 0 Å². The van der Waals surface area contributed by atoms with Crippen LogP contribution in [0.4, 0.5) is 5.69 Å². The van der Waals surface area contributed by atoms with Crippen LogP contribution < -0.4 is 10.6 Å². The maximum Gasteiger partial charge on any atom is 0.135 e. The Kier molecular flexibility index (Phi) is 3.74. The van der Waals surface area contributed by atoms with E-state index in [4.69, 9.17) is 11.1 Å². The van der Waals surface area contributed by atoms with Gasteiger partial charge in [0.15, 0.2) is 0 Å². The summed E-state index contributed by atoms with van der Waals surface area (Å²) in [6.45, 7) is 6.26. The van der Waals surface area contributed by atoms with Gasteiger partial charge >= 0.3 is 0 Å². The third-order valence-corrected chi connectivity index (χ3v) is 3.54. The van der Waals surface area contributed by atoms with Crippen molar-refractivity contribution < 1.29 is 0 Å². The molecule has 1 aliphatic rings. The normalized spacial score (nSPS) is 18.7. The summed E-state index contributed by atoms with van der Waals surface area (Å²) in [6.07, 6.45) is 0. The van der Waals surface area contributed by atoms with E-state index in [-0.39, 0.29) is 5.92 Å². The predicted molar refractivity (Wildman–Crippen MR) is 79.9 cm³/mol. The van der Waals surface area contributed by atoms with E-state index in [1.54, 1.807) is 7.05 Å². The number of nitrogens with one attached hydrogen (secondary N) is 1. The van der Waals surface area contributed by atoms with Crippen LogP contribution in [0.5, 0.6) is 0 Å². The fourth-order valence-corrected chi connectivity index (χ4v) is 2.41. The van der Waals surface area contributed by atoms with E-state index in [0.717, 1.165) is 18.7 Å². The first-order valence-corrected chi connectivity index (χ1v) is 6.59. The second kappa shape index (κ2) is 5.30. The van der Waals surface area contributed by atoms with Crippen molar-refractivity contribution in [2.75, 3.05) is 25.0 Å². The summed E-state index contributed by atoms with van der Waals surface area (Å²) in [7, 11) is 1.75. The van der Waals surface area contributed by atoms with Gasteiger partial charge in [0.2, 0.25) is 0 Å². The third-order valence-electron chi connectivity index (χ3n) is 3.54. The molecule has 0 aromatic heterocycles. The summed E-state index contributed by atoms with van der Waals surface area (Å²) in [5.74, 6) is 0.701. The van der Waals surface area contributed by atoms with E-state index >= 15 is 0 Å². The minimum atomic E-state index is -0.212.